The number of hydrogen-bond acceptors (Lipinski definition) is 5. The Kier molecular flexibility index (Phi) is 4.77. The van der Waals surface area contributed by atoms with Crippen LogP contribution in [0.2, 0.25) is 0 Å². The van der Waals surface area contributed by atoms with E-state index in [-0.39, 0.29) is 18.5 Å². The van der Waals surface area contributed by atoms with Crippen molar-refractivity contribution in [3.63, 3.8) is 0 Å². The Bertz CT molecular complexity index is 790. The van der Waals surface area contributed by atoms with E-state index in [1.807, 2.05) is 0 Å². The number of carbonyl (C=O) groups excluding carboxylic acids is 2. The third-order valence-corrected chi connectivity index (χ3v) is 4.47. The highest BCUT2D eigenvalue weighted by molar-refractivity contribution is 7.12. The summed E-state index contributed by atoms with van der Waals surface area (Å²) in [6.45, 7) is 0.739. The van der Waals surface area contributed by atoms with E-state index in [0.717, 1.165) is 11.3 Å². The van der Waals surface area contributed by atoms with Crippen LogP contribution in [0, 0.1) is 5.82 Å². The summed E-state index contributed by atoms with van der Waals surface area (Å²) in [5, 5.41) is 4.27. The maximum atomic E-state index is 13.6. The minimum absolute atomic E-state index is 0.128. The Labute approximate surface area is 141 Å². The van der Waals surface area contributed by atoms with Gasteiger partial charge < -0.3 is 20.5 Å². The summed E-state index contributed by atoms with van der Waals surface area (Å²) < 4.78 is 24.2. The number of nitrogens with one attached hydrogen (secondary N) is 1. The van der Waals surface area contributed by atoms with Gasteiger partial charge in [0.1, 0.15) is 11.6 Å². The second-order valence-electron chi connectivity index (χ2n) is 5.23. The standard InChI is InChI=1S/C16H15FN2O4S/c17-12-3-9(14-10(4-12)6-22-8-23-14)1-2-19-16(21)13-5-11(7-24-13)15(18)20/h3-5,7H,1-2,6,8H2,(H2,18,20)(H,19,21). The highest BCUT2D eigenvalue weighted by atomic mass is 32.1. The second-order valence-corrected chi connectivity index (χ2v) is 6.14. The lowest BCUT2D eigenvalue weighted by atomic mass is 10.1. The van der Waals surface area contributed by atoms with Crippen molar-refractivity contribution < 1.29 is 23.5 Å². The average molecular weight is 350 g/mol. The SMILES string of the molecule is NC(=O)c1csc(C(=O)NCCc2cc(F)cc3c2OCOC3)c1. The highest BCUT2D eigenvalue weighted by Crippen LogP contribution is 2.29. The van der Waals surface area contributed by atoms with Crippen LogP contribution in [0.15, 0.2) is 23.6 Å². The minimum atomic E-state index is -0.573. The van der Waals surface area contributed by atoms with Crippen LogP contribution in [-0.4, -0.2) is 25.2 Å². The summed E-state index contributed by atoms with van der Waals surface area (Å²) in [7, 11) is 0. The van der Waals surface area contributed by atoms with Crippen molar-refractivity contribution in [1.82, 2.24) is 5.32 Å². The molecule has 1 aromatic carbocycles. The van der Waals surface area contributed by atoms with Gasteiger partial charge in [-0.25, -0.2) is 4.39 Å². The van der Waals surface area contributed by atoms with Gasteiger partial charge in [0.05, 0.1) is 17.0 Å². The largest absolute Gasteiger partial charge is 0.467 e. The molecule has 126 valence electrons. The van der Waals surface area contributed by atoms with Gasteiger partial charge in [0.25, 0.3) is 5.91 Å². The first-order chi connectivity index (χ1) is 11.5. The fourth-order valence-corrected chi connectivity index (χ4v) is 3.24. The molecule has 1 aromatic heterocycles. The van der Waals surface area contributed by atoms with Gasteiger partial charge in [0.15, 0.2) is 6.79 Å². The van der Waals surface area contributed by atoms with Gasteiger partial charge in [-0.05, 0) is 30.2 Å². The van der Waals surface area contributed by atoms with Gasteiger partial charge in [-0.3, -0.25) is 9.59 Å². The molecule has 2 amide bonds. The van der Waals surface area contributed by atoms with E-state index in [0.29, 0.717) is 46.9 Å². The minimum Gasteiger partial charge on any atom is -0.467 e. The molecule has 1 aliphatic rings. The lowest BCUT2D eigenvalue weighted by molar-refractivity contribution is -0.0172. The molecule has 0 unspecified atom stereocenters. The zero-order valence-corrected chi connectivity index (χ0v) is 13.5. The first-order valence-corrected chi connectivity index (χ1v) is 8.11. The monoisotopic (exact) mass is 350 g/mol. The molecule has 0 spiro atoms. The number of hydrogen-bond donors (Lipinski definition) is 2. The van der Waals surface area contributed by atoms with Crippen molar-refractivity contribution >= 4 is 23.2 Å². The van der Waals surface area contributed by atoms with E-state index in [1.165, 1.54) is 23.6 Å². The zero-order valence-electron chi connectivity index (χ0n) is 12.6. The molecular formula is C16H15FN2O4S. The molecule has 0 fully saturated rings. The van der Waals surface area contributed by atoms with Gasteiger partial charge >= 0.3 is 0 Å². The number of carbonyl (C=O) groups is 2. The molecule has 2 heterocycles. The number of thiophene rings is 1. The third-order valence-electron chi connectivity index (χ3n) is 3.54. The average Bonchev–Trinajstić information content (AvgIpc) is 3.05. The van der Waals surface area contributed by atoms with Gasteiger partial charge in [0.2, 0.25) is 5.91 Å². The maximum absolute atomic E-state index is 13.6. The Balaban J connectivity index is 1.63. The van der Waals surface area contributed by atoms with Crippen LogP contribution < -0.4 is 15.8 Å². The summed E-state index contributed by atoms with van der Waals surface area (Å²) >= 11 is 1.14. The van der Waals surface area contributed by atoms with Crippen LogP contribution in [0.25, 0.3) is 0 Å². The third kappa shape index (κ3) is 3.55. The summed E-state index contributed by atoms with van der Waals surface area (Å²) in [4.78, 5) is 23.5. The van der Waals surface area contributed by atoms with Crippen molar-refractivity contribution in [2.24, 2.45) is 5.73 Å². The van der Waals surface area contributed by atoms with E-state index in [1.54, 1.807) is 0 Å². The molecule has 6 nitrogen and oxygen atoms in total. The molecule has 24 heavy (non-hydrogen) atoms. The molecule has 0 atom stereocenters. The van der Waals surface area contributed by atoms with Crippen molar-refractivity contribution in [2.75, 3.05) is 13.3 Å². The Morgan fingerprint density at radius 2 is 2.17 bits per heavy atom. The maximum Gasteiger partial charge on any atom is 0.261 e. The lowest BCUT2D eigenvalue weighted by Crippen LogP contribution is -2.25. The smallest absolute Gasteiger partial charge is 0.261 e. The Hall–Kier alpha value is -2.45. The van der Waals surface area contributed by atoms with E-state index < -0.39 is 5.91 Å². The summed E-state index contributed by atoms with van der Waals surface area (Å²) in [5.74, 6) is -0.629. The molecule has 0 bridgehead atoms. The van der Waals surface area contributed by atoms with Crippen LogP contribution in [0.5, 0.6) is 5.75 Å². The molecule has 3 rings (SSSR count). The van der Waals surface area contributed by atoms with Gasteiger partial charge in [-0.1, -0.05) is 0 Å². The molecule has 0 aliphatic carbocycles. The number of fused-ring (bicyclic) bond motifs is 1. The highest BCUT2D eigenvalue weighted by Gasteiger charge is 2.17. The summed E-state index contributed by atoms with van der Waals surface area (Å²) in [6, 6.07) is 4.23. The van der Waals surface area contributed by atoms with Crippen LogP contribution in [0.3, 0.4) is 0 Å². The molecule has 3 N–H and O–H groups in total. The van der Waals surface area contributed by atoms with Gasteiger partial charge in [-0.2, -0.15) is 0 Å². The van der Waals surface area contributed by atoms with E-state index in [2.05, 4.69) is 5.32 Å². The van der Waals surface area contributed by atoms with Crippen molar-refractivity contribution in [2.45, 2.75) is 13.0 Å². The van der Waals surface area contributed by atoms with E-state index in [4.69, 9.17) is 15.2 Å². The van der Waals surface area contributed by atoms with Crippen molar-refractivity contribution in [3.05, 3.63) is 51.0 Å². The normalized spacial score (nSPS) is 13.0. The first kappa shape index (κ1) is 16.4. The predicted molar refractivity (Wildman–Crippen MR) is 85.6 cm³/mol. The number of halogens is 1. The zero-order chi connectivity index (χ0) is 17.1. The first-order valence-electron chi connectivity index (χ1n) is 7.23. The molecule has 2 aromatic rings. The lowest BCUT2D eigenvalue weighted by Gasteiger charge is -2.20. The van der Waals surface area contributed by atoms with Crippen molar-refractivity contribution in [1.29, 1.82) is 0 Å². The van der Waals surface area contributed by atoms with Crippen LogP contribution in [0.4, 0.5) is 4.39 Å². The van der Waals surface area contributed by atoms with Crippen LogP contribution in [0.1, 0.15) is 31.2 Å². The van der Waals surface area contributed by atoms with Crippen molar-refractivity contribution in [3.8, 4) is 5.75 Å². The summed E-state index contributed by atoms with van der Waals surface area (Å²) in [5.41, 5.74) is 6.80. The number of amides is 2. The second kappa shape index (κ2) is 6.98. The van der Waals surface area contributed by atoms with Gasteiger partial charge in [-0.15, -0.1) is 11.3 Å². The Morgan fingerprint density at radius 3 is 2.92 bits per heavy atom. The molecule has 1 aliphatic heterocycles. The van der Waals surface area contributed by atoms with Gasteiger partial charge in [0, 0.05) is 17.5 Å². The quantitative estimate of drug-likeness (QED) is 0.861. The van der Waals surface area contributed by atoms with E-state index >= 15 is 0 Å². The molecule has 0 radical (unpaired) electrons. The fraction of sp³-hybridized carbons (Fsp3) is 0.250. The number of nitrogens with two attached hydrogens (primary N) is 1. The topological polar surface area (TPSA) is 90.7 Å². The number of ether oxygens (including phenoxy) is 2. The molecular weight excluding hydrogens is 335 g/mol. The summed E-state index contributed by atoms with van der Waals surface area (Å²) in [6.07, 6.45) is 0.417. The van der Waals surface area contributed by atoms with Crippen LogP contribution >= 0.6 is 11.3 Å². The molecule has 0 saturated heterocycles. The molecule has 0 saturated carbocycles. The predicted octanol–water partition coefficient (Wildman–Crippen LogP) is 1.83. The Morgan fingerprint density at radius 1 is 1.33 bits per heavy atom. The van der Waals surface area contributed by atoms with E-state index in [9.17, 15) is 14.0 Å². The fourth-order valence-electron chi connectivity index (χ4n) is 2.42. The number of primary amides is 1. The molecule has 8 heteroatoms. The number of benzene rings is 1. The number of rotatable bonds is 5. The van der Waals surface area contributed by atoms with Crippen LogP contribution in [-0.2, 0) is 17.8 Å².